The van der Waals surface area contributed by atoms with Crippen molar-refractivity contribution in [2.45, 2.75) is 74.3 Å². The summed E-state index contributed by atoms with van der Waals surface area (Å²) in [4.78, 5) is 2.54. The molecule has 2 aromatic carbocycles. The summed E-state index contributed by atoms with van der Waals surface area (Å²) < 4.78 is 29.9. The predicted molar refractivity (Wildman–Crippen MR) is 135 cm³/mol. The Balaban J connectivity index is 1.36. The predicted octanol–water partition coefficient (Wildman–Crippen LogP) is 3.93. The number of rotatable bonds is 3. The van der Waals surface area contributed by atoms with Gasteiger partial charge in [-0.25, -0.2) is 4.39 Å². The summed E-state index contributed by atoms with van der Waals surface area (Å²) in [7, 11) is 1.68. The highest BCUT2D eigenvalue weighted by molar-refractivity contribution is 5.90. The van der Waals surface area contributed by atoms with Gasteiger partial charge in [-0.2, -0.15) is 0 Å². The number of fused-ring (bicyclic) bond motifs is 4. The number of aliphatic hydroxyl groups excluding tert-OH is 1. The SMILES string of the molecule is COc1ccc2c3c1O[C@H]1c4c(c5cc(F)cc6c5n4CC[C@@H]6O)C[C@@]4(O)[C@@H](C2)N(CC2CC2)CC[C@]314. The third kappa shape index (κ3) is 2.35. The van der Waals surface area contributed by atoms with Crippen LogP contribution in [0.25, 0.3) is 10.9 Å². The first kappa shape index (κ1) is 21.3. The highest BCUT2D eigenvalue weighted by atomic mass is 19.1. The van der Waals surface area contributed by atoms with Crippen LogP contribution in [0.15, 0.2) is 24.3 Å². The first-order valence-corrected chi connectivity index (χ1v) is 13.8. The average molecular weight is 503 g/mol. The number of methoxy groups -OCH3 is 1. The van der Waals surface area contributed by atoms with Crippen molar-refractivity contribution in [2.75, 3.05) is 20.2 Å². The lowest BCUT2D eigenvalue weighted by Gasteiger charge is -2.63. The molecule has 2 bridgehead atoms. The maximum Gasteiger partial charge on any atom is 0.166 e. The molecule has 5 atom stereocenters. The largest absolute Gasteiger partial charge is 0.493 e. The fourth-order valence-electron chi connectivity index (χ4n) is 9.02. The van der Waals surface area contributed by atoms with Crippen LogP contribution < -0.4 is 9.47 Å². The van der Waals surface area contributed by atoms with Crippen LogP contribution in [-0.2, 0) is 24.8 Å². The van der Waals surface area contributed by atoms with Crippen LogP contribution in [0.1, 0.15) is 65.8 Å². The maximum atomic E-state index is 14.9. The maximum absolute atomic E-state index is 14.9. The van der Waals surface area contributed by atoms with Gasteiger partial charge in [-0.05, 0) is 73.9 Å². The summed E-state index contributed by atoms with van der Waals surface area (Å²) in [6.07, 6.45) is 4.08. The van der Waals surface area contributed by atoms with Crippen molar-refractivity contribution in [3.8, 4) is 11.5 Å². The highest BCUT2D eigenvalue weighted by Crippen LogP contribution is 2.69. The number of benzene rings is 2. The number of aromatic nitrogens is 1. The van der Waals surface area contributed by atoms with E-state index >= 15 is 0 Å². The van der Waals surface area contributed by atoms with E-state index < -0.39 is 17.1 Å². The topological polar surface area (TPSA) is 67.1 Å². The zero-order chi connectivity index (χ0) is 24.8. The van der Waals surface area contributed by atoms with Gasteiger partial charge >= 0.3 is 0 Å². The number of likely N-dealkylation sites (tertiary alicyclic amines) is 1. The summed E-state index contributed by atoms with van der Waals surface area (Å²) >= 11 is 0. The van der Waals surface area contributed by atoms with Crippen LogP contribution in [0.4, 0.5) is 4.39 Å². The van der Waals surface area contributed by atoms with Crippen LogP contribution in [-0.4, -0.2) is 51.5 Å². The molecule has 1 spiro atoms. The molecule has 0 radical (unpaired) electrons. The molecular weight excluding hydrogens is 471 g/mol. The summed E-state index contributed by atoms with van der Waals surface area (Å²) in [6, 6.07) is 7.25. The summed E-state index contributed by atoms with van der Waals surface area (Å²) in [6.45, 7) is 2.62. The number of halogens is 1. The van der Waals surface area contributed by atoms with Gasteiger partial charge in [-0.1, -0.05) is 6.07 Å². The monoisotopic (exact) mass is 502 g/mol. The molecule has 3 aliphatic carbocycles. The number of piperidine rings is 1. The molecular formula is C30H31FN2O4. The molecule has 9 rings (SSSR count). The van der Waals surface area contributed by atoms with Crippen molar-refractivity contribution in [1.82, 2.24) is 9.47 Å². The van der Waals surface area contributed by atoms with Gasteiger partial charge in [0.1, 0.15) is 5.82 Å². The van der Waals surface area contributed by atoms with Gasteiger partial charge in [0.25, 0.3) is 0 Å². The summed E-state index contributed by atoms with van der Waals surface area (Å²) in [5.41, 5.74) is 4.36. The number of nitrogens with zero attached hydrogens (tertiary/aromatic N) is 2. The van der Waals surface area contributed by atoms with E-state index in [9.17, 15) is 14.6 Å². The van der Waals surface area contributed by atoms with Crippen LogP contribution in [0.2, 0.25) is 0 Å². The lowest BCUT2D eigenvalue weighted by atomic mass is 9.49. The van der Waals surface area contributed by atoms with E-state index in [4.69, 9.17) is 9.47 Å². The van der Waals surface area contributed by atoms with Gasteiger partial charge in [0.05, 0.1) is 35.4 Å². The molecule has 3 aromatic rings. The van der Waals surface area contributed by atoms with Gasteiger partial charge in [-0.15, -0.1) is 0 Å². The van der Waals surface area contributed by atoms with Crippen LogP contribution in [0, 0.1) is 11.7 Å². The highest BCUT2D eigenvalue weighted by Gasteiger charge is 2.73. The second kappa shape index (κ2) is 6.68. The molecule has 1 saturated carbocycles. The Morgan fingerprint density at radius 3 is 2.86 bits per heavy atom. The zero-order valence-corrected chi connectivity index (χ0v) is 21.0. The fourth-order valence-corrected chi connectivity index (χ4v) is 9.02. The van der Waals surface area contributed by atoms with Crippen molar-refractivity contribution < 1.29 is 24.1 Å². The van der Waals surface area contributed by atoms with E-state index in [0.29, 0.717) is 30.7 Å². The number of hydrogen-bond donors (Lipinski definition) is 2. The van der Waals surface area contributed by atoms with Gasteiger partial charge in [-0.3, -0.25) is 4.90 Å². The van der Waals surface area contributed by atoms with Crippen molar-refractivity contribution in [3.63, 3.8) is 0 Å². The van der Waals surface area contributed by atoms with Crippen molar-refractivity contribution in [2.24, 2.45) is 5.92 Å². The minimum Gasteiger partial charge on any atom is -0.493 e. The Morgan fingerprint density at radius 2 is 2.05 bits per heavy atom. The molecule has 1 saturated heterocycles. The summed E-state index contributed by atoms with van der Waals surface area (Å²) in [5.74, 6) is 1.87. The van der Waals surface area contributed by atoms with Gasteiger partial charge in [0, 0.05) is 42.1 Å². The minimum atomic E-state index is -1.04. The Morgan fingerprint density at radius 1 is 1.19 bits per heavy atom. The zero-order valence-electron chi connectivity index (χ0n) is 21.0. The summed E-state index contributed by atoms with van der Waals surface area (Å²) in [5, 5.41) is 24.7. The van der Waals surface area contributed by atoms with Crippen LogP contribution in [0.3, 0.4) is 0 Å². The molecule has 4 heterocycles. The third-order valence-electron chi connectivity index (χ3n) is 10.7. The third-order valence-corrected chi connectivity index (χ3v) is 10.7. The molecule has 6 aliphatic rings. The van der Waals surface area contributed by atoms with E-state index in [2.05, 4.69) is 15.5 Å². The molecule has 2 fully saturated rings. The molecule has 0 unspecified atom stereocenters. The van der Waals surface area contributed by atoms with E-state index in [1.54, 1.807) is 13.2 Å². The molecule has 6 nitrogen and oxygen atoms in total. The quantitative estimate of drug-likeness (QED) is 0.568. The van der Waals surface area contributed by atoms with Crippen molar-refractivity contribution >= 4 is 10.9 Å². The molecule has 1 aromatic heterocycles. The van der Waals surface area contributed by atoms with Crippen molar-refractivity contribution in [3.05, 3.63) is 58.0 Å². The van der Waals surface area contributed by atoms with Gasteiger partial charge in [0.2, 0.25) is 0 Å². The van der Waals surface area contributed by atoms with E-state index in [0.717, 1.165) is 65.3 Å². The smallest absolute Gasteiger partial charge is 0.166 e. The molecule has 3 aliphatic heterocycles. The second-order valence-electron chi connectivity index (χ2n) is 12.3. The molecule has 37 heavy (non-hydrogen) atoms. The normalized spacial score (nSPS) is 34.8. The molecule has 2 N–H and O–H groups in total. The van der Waals surface area contributed by atoms with Gasteiger partial charge in [0.15, 0.2) is 17.6 Å². The number of hydrogen-bond acceptors (Lipinski definition) is 5. The van der Waals surface area contributed by atoms with E-state index in [1.807, 2.05) is 6.07 Å². The Bertz CT molecular complexity index is 1530. The van der Waals surface area contributed by atoms with Crippen LogP contribution in [0.5, 0.6) is 11.5 Å². The first-order valence-electron chi connectivity index (χ1n) is 13.8. The Hall–Kier alpha value is -2.61. The Kier molecular flexibility index (Phi) is 3.85. The minimum absolute atomic E-state index is 0.0184. The molecule has 7 heteroatoms. The second-order valence-corrected chi connectivity index (χ2v) is 12.3. The standard InChI is InChI=1S/C30H31FN2O4/c1-36-22-5-4-16-10-23-30(35)13-20-18-11-17(31)12-19-21(34)6-8-33(25(18)19)26(20)28-29(30,24(16)27(22)37-28)7-9-32(23)14-15-2-3-15/h4-5,11-12,15,21,23,28,34-35H,2-3,6-10,13-14H2,1H3/t21-,23+,28-,29-,30+/m0/s1. The van der Waals surface area contributed by atoms with Crippen molar-refractivity contribution in [1.29, 1.82) is 0 Å². The van der Waals surface area contributed by atoms with Gasteiger partial charge < -0.3 is 24.3 Å². The van der Waals surface area contributed by atoms with Crippen LogP contribution >= 0.6 is 0 Å². The lowest BCUT2D eigenvalue weighted by Crippen LogP contribution is -2.74. The number of ether oxygens (including phenoxy) is 2. The Labute approximate surface area is 214 Å². The van der Waals surface area contributed by atoms with E-state index in [-0.39, 0.29) is 18.0 Å². The molecule has 0 amide bonds. The first-order chi connectivity index (χ1) is 17.9. The van der Waals surface area contributed by atoms with E-state index in [1.165, 1.54) is 24.5 Å². The lowest BCUT2D eigenvalue weighted by molar-refractivity contribution is -0.173. The molecule has 192 valence electrons. The average Bonchev–Trinajstić information content (AvgIpc) is 3.55. The number of aryl methyl sites for hydroxylation is 1. The fraction of sp³-hybridized carbons (Fsp3) is 0.533. The number of aliphatic hydroxyl groups is 2.